The summed E-state index contributed by atoms with van der Waals surface area (Å²) in [5.74, 6) is -0.00542. The second-order valence-corrected chi connectivity index (χ2v) is 6.08. The molecule has 19 heavy (non-hydrogen) atoms. The summed E-state index contributed by atoms with van der Waals surface area (Å²) < 4.78 is 0. The highest BCUT2D eigenvalue weighted by Gasteiger charge is 2.34. The minimum absolute atomic E-state index is 0.00542. The summed E-state index contributed by atoms with van der Waals surface area (Å²) in [4.78, 5) is 28.6. The lowest BCUT2D eigenvalue weighted by molar-refractivity contribution is -0.132. The molecule has 1 aliphatic heterocycles. The van der Waals surface area contributed by atoms with Crippen molar-refractivity contribution in [2.45, 2.75) is 25.8 Å². The lowest BCUT2D eigenvalue weighted by Crippen LogP contribution is -2.47. The third-order valence-electron chi connectivity index (χ3n) is 3.22. The molecule has 1 aliphatic rings. The zero-order valence-electron chi connectivity index (χ0n) is 11.5. The highest BCUT2D eigenvalue weighted by Crippen LogP contribution is 2.22. The SMILES string of the molecule is Cc1cc(NC(=O)N2CCCC2C(=O)N(C)C)cs1. The van der Waals surface area contributed by atoms with E-state index >= 15 is 0 Å². The normalized spacial score (nSPS) is 18.5. The van der Waals surface area contributed by atoms with Crippen LogP contribution in [-0.4, -0.2) is 48.4 Å². The van der Waals surface area contributed by atoms with Crippen LogP contribution in [0.4, 0.5) is 10.5 Å². The second-order valence-electron chi connectivity index (χ2n) is 4.96. The van der Waals surface area contributed by atoms with Gasteiger partial charge in [-0.25, -0.2) is 4.79 Å². The van der Waals surface area contributed by atoms with Gasteiger partial charge in [0.15, 0.2) is 0 Å². The number of carbonyl (C=O) groups excluding carboxylic acids is 2. The Hall–Kier alpha value is -1.56. The molecule has 1 unspecified atom stereocenters. The molecule has 1 fully saturated rings. The van der Waals surface area contributed by atoms with Gasteiger partial charge >= 0.3 is 6.03 Å². The van der Waals surface area contributed by atoms with E-state index in [2.05, 4.69) is 5.32 Å². The number of likely N-dealkylation sites (N-methyl/N-ethyl adjacent to an activating group) is 1. The maximum Gasteiger partial charge on any atom is 0.322 e. The molecule has 2 heterocycles. The standard InChI is InChI=1S/C13H19N3O2S/c1-9-7-10(8-19-9)14-13(18)16-6-4-5-11(16)12(17)15(2)3/h7-8,11H,4-6H2,1-3H3,(H,14,18). The summed E-state index contributed by atoms with van der Waals surface area (Å²) in [6, 6.07) is 1.42. The van der Waals surface area contributed by atoms with Crippen molar-refractivity contribution in [1.29, 1.82) is 0 Å². The third-order valence-corrected chi connectivity index (χ3v) is 4.08. The van der Waals surface area contributed by atoms with E-state index in [1.54, 1.807) is 35.2 Å². The Morgan fingerprint density at radius 3 is 2.79 bits per heavy atom. The van der Waals surface area contributed by atoms with Crippen molar-refractivity contribution >= 4 is 29.0 Å². The van der Waals surface area contributed by atoms with Gasteiger partial charge in [-0.2, -0.15) is 0 Å². The fourth-order valence-corrected chi connectivity index (χ4v) is 2.90. The van der Waals surface area contributed by atoms with E-state index in [0.717, 1.165) is 23.4 Å². The quantitative estimate of drug-likeness (QED) is 0.903. The molecule has 0 aromatic carbocycles. The Morgan fingerprint density at radius 2 is 2.21 bits per heavy atom. The predicted molar refractivity (Wildman–Crippen MR) is 76.5 cm³/mol. The first kappa shape index (κ1) is 13.9. The van der Waals surface area contributed by atoms with Crippen molar-refractivity contribution in [2.24, 2.45) is 0 Å². The minimum atomic E-state index is -0.324. The lowest BCUT2D eigenvalue weighted by atomic mass is 10.2. The minimum Gasteiger partial charge on any atom is -0.347 e. The molecule has 0 radical (unpaired) electrons. The predicted octanol–water partition coefficient (Wildman–Crippen LogP) is 2.14. The number of nitrogens with one attached hydrogen (secondary N) is 1. The van der Waals surface area contributed by atoms with Crippen LogP contribution >= 0.6 is 11.3 Å². The number of rotatable bonds is 2. The monoisotopic (exact) mass is 281 g/mol. The summed E-state index contributed by atoms with van der Waals surface area (Å²) in [6.07, 6.45) is 1.62. The average Bonchev–Trinajstić information content (AvgIpc) is 2.96. The average molecular weight is 281 g/mol. The van der Waals surface area contributed by atoms with Crippen LogP contribution in [0.1, 0.15) is 17.7 Å². The molecule has 1 aromatic rings. The zero-order valence-corrected chi connectivity index (χ0v) is 12.3. The highest BCUT2D eigenvalue weighted by molar-refractivity contribution is 7.10. The first-order valence-corrected chi connectivity index (χ1v) is 7.21. The lowest BCUT2D eigenvalue weighted by Gasteiger charge is -2.26. The Morgan fingerprint density at radius 1 is 1.47 bits per heavy atom. The van der Waals surface area contributed by atoms with Crippen LogP contribution in [-0.2, 0) is 4.79 Å². The van der Waals surface area contributed by atoms with Crippen molar-refractivity contribution in [1.82, 2.24) is 9.80 Å². The fraction of sp³-hybridized carbons (Fsp3) is 0.538. The number of aryl methyl sites for hydroxylation is 1. The molecule has 104 valence electrons. The number of nitrogens with zero attached hydrogens (tertiary/aromatic N) is 2. The Bertz CT molecular complexity index is 484. The van der Waals surface area contributed by atoms with E-state index in [0.29, 0.717) is 6.54 Å². The molecule has 0 bridgehead atoms. The Kier molecular flexibility index (Phi) is 4.09. The zero-order chi connectivity index (χ0) is 14.0. The van der Waals surface area contributed by atoms with E-state index in [9.17, 15) is 9.59 Å². The molecule has 0 spiro atoms. The van der Waals surface area contributed by atoms with E-state index in [-0.39, 0.29) is 18.0 Å². The number of amides is 3. The van der Waals surface area contributed by atoms with Crippen LogP contribution in [0.3, 0.4) is 0 Å². The summed E-state index contributed by atoms with van der Waals surface area (Å²) in [5.41, 5.74) is 0.801. The van der Waals surface area contributed by atoms with Crippen molar-refractivity contribution < 1.29 is 9.59 Å². The molecule has 1 atom stereocenters. The number of anilines is 1. The van der Waals surface area contributed by atoms with Gasteiger partial charge in [0.2, 0.25) is 5.91 Å². The van der Waals surface area contributed by atoms with Gasteiger partial charge in [-0.05, 0) is 25.8 Å². The van der Waals surface area contributed by atoms with Gasteiger partial charge in [0.1, 0.15) is 6.04 Å². The molecule has 1 aromatic heterocycles. The molecule has 1 saturated heterocycles. The molecule has 0 aliphatic carbocycles. The first-order valence-electron chi connectivity index (χ1n) is 6.33. The van der Waals surface area contributed by atoms with Gasteiger partial charge < -0.3 is 15.1 Å². The molecular weight excluding hydrogens is 262 g/mol. The first-order chi connectivity index (χ1) is 8.99. The number of urea groups is 1. The van der Waals surface area contributed by atoms with Gasteiger partial charge in [-0.15, -0.1) is 11.3 Å². The van der Waals surface area contributed by atoms with Crippen LogP contribution in [0, 0.1) is 6.92 Å². The maximum absolute atomic E-state index is 12.2. The number of hydrogen-bond acceptors (Lipinski definition) is 3. The molecule has 0 saturated carbocycles. The van der Waals surface area contributed by atoms with Gasteiger partial charge in [0.25, 0.3) is 0 Å². The smallest absolute Gasteiger partial charge is 0.322 e. The summed E-state index contributed by atoms with van der Waals surface area (Å²) in [5, 5.41) is 4.76. The maximum atomic E-state index is 12.2. The Balaban J connectivity index is 2.03. The summed E-state index contributed by atoms with van der Waals surface area (Å²) >= 11 is 1.59. The molecule has 6 heteroatoms. The van der Waals surface area contributed by atoms with E-state index in [1.165, 1.54) is 0 Å². The van der Waals surface area contributed by atoms with E-state index < -0.39 is 0 Å². The number of thiophene rings is 1. The van der Waals surface area contributed by atoms with Crippen LogP contribution in [0.2, 0.25) is 0 Å². The number of carbonyl (C=O) groups is 2. The second kappa shape index (κ2) is 5.61. The fourth-order valence-electron chi connectivity index (χ4n) is 2.27. The third kappa shape index (κ3) is 3.07. The van der Waals surface area contributed by atoms with Gasteiger partial charge in [0.05, 0.1) is 5.69 Å². The number of likely N-dealkylation sites (tertiary alicyclic amines) is 1. The molecule has 2 rings (SSSR count). The van der Waals surface area contributed by atoms with Crippen molar-refractivity contribution in [3.63, 3.8) is 0 Å². The Labute approximate surface area is 117 Å². The van der Waals surface area contributed by atoms with E-state index in [1.807, 2.05) is 18.4 Å². The molecular formula is C13H19N3O2S. The molecule has 3 amide bonds. The summed E-state index contributed by atoms with van der Waals surface area (Å²) in [6.45, 7) is 2.63. The van der Waals surface area contributed by atoms with Crippen molar-refractivity contribution in [3.8, 4) is 0 Å². The van der Waals surface area contributed by atoms with Gasteiger partial charge in [-0.3, -0.25) is 4.79 Å². The molecule has 5 nitrogen and oxygen atoms in total. The molecule has 1 N–H and O–H groups in total. The van der Waals surface area contributed by atoms with Crippen LogP contribution in [0.5, 0.6) is 0 Å². The largest absolute Gasteiger partial charge is 0.347 e. The van der Waals surface area contributed by atoms with E-state index in [4.69, 9.17) is 0 Å². The van der Waals surface area contributed by atoms with Crippen LogP contribution < -0.4 is 5.32 Å². The topological polar surface area (TPSA) is 52.7 Å². The van der Waals surface area contributed by atoms with Crippen LogP contribution in [0.25, 0.3) is 0 Å². The number of hydrogen-bond donors (Lipinski definition) is 1. The van der Waals surface area contributed by atoms with Crippen molar-refractivity contribution in [2.75, 3.05) is 26.0 Å². The van der Waals surface area contributed by atoms with Gasteiger partial charge in [-0.1, -0.05) is 0 Å². The van der Waals surface area contributed by atoms with Crippen LogP contribution in [0.15, 0.2) is 11.4 Å². The van der Waals surface area contributed by atoms with Gasteiger partial charge in [0, 0.05) is 30.9 Å². The highest BCUT2D eigenvalue weighted by atomic mass is 32.1. The summed E-state index contributed by atoms with van der Waals surface area (Å²) in [7, 11) is 3.44. The van der Waals surface area contributed by atoms with Crippen molar-refractivity contribution in [3.05, 3.63) is 16.3 Å².